The van der Waals surface area contributed by atoms with E-state index in [1.807, 2.05) is 0 Å². The van der Waals surface area contributed by atoms with Gasteiger partial charge in [-0.25, -0.2) is 0 Å². The van der Waals surface area contributed by atoms with Gasteiger partial charge in [0.25, 0.3) is 0 Å². The summed E-state index contributed by atoms with van der Waals surface area (Å²) >= 11 is 0. The van der Waals surface area contributed by atoms with Crippen molar-refractivity contribution < 1.29 is 0 Å². The maximum Gasteiger partial charge on any atom is -0.000558 e. The zero-order valence-electron chi connectivity index (χ0n) is 7.34. The molecule has 2 saturated heterocycles. The maximum absolute atomic E-state index is 3.36. The van der Waals surface area contributed by atoms with Crippen molar-refractivity contribution in [2.24, 2.45) is 11.8 Å². The summed E-state index contributed by atoms with van der Waals surface area (Å²) in [6.07, 6.45) is 2.87. The Balaban J connectivity index is 1.77. The van der Waals surface area contributed by atoms with E-state index in [2.05, 4.69) is 17.3 Å². The first kappa shape index (κ1) is 7.56. The molecule has 1 N–H and O–H groups in total. The average molecular weight is 154 g/mol. The van der Waals surface area contributed by atoms with Crippen molar-refractivity contribution in [1.82, 2.24) is 10.2 Å². The van der Waals surface area contributed by atoms with Gasteiger partial charge < -0.3 is 10.2 Å². The van der Waals surface area contributed by atoms with E-state index < -0.39 is 0 Å². The van der Waals surface area contributed by atoms with Crippen molar-refractivity contribution in [1.29, 1.82) is 0 Å². The van der Waals surface area contributed by atoms with E-state index in [9.17, 15) is 0 Å². The van der Waals surface area contributed by atoms with Gasteiger partial charge in [-0.1, -0.05) is 0 Å². The van der Waals surface area contributed by atoms with Crippen molar-refractivity contribution in [3.63, 3.8) is 0 Å². The predicted octanol–water partition coefficient (Wildman–Crippen LogP) is 0.548. The van der Waals surface area contributed by atoms with Crippen LogP contribution >= 0.6 is 0 Å². The molecule has 0 aliphatic carbocycles. The molecule has 2 fully saturated rings. The fourth-order valence-electron chi connectivity index (χ4n) is 2.14. The van der Waals surface area contributed by atoms with Crippen LogP contribution in [-0.4, -0.2) is 38.1 Å². The molecular weight excluding hydrogens is 136 g/mol. The zero-order valence-corrected chi connectivity index (χ0v) is 7.34. The molecule has 0 atom stereocenters. The molecule has 0 bridgehead atoms. The van der Waals surface area contributed by atoms with E-state index in [1.165, 1.54) is 39.0 Å². The largest absolute Gasteiger partial charge is 0.316 e. The standard InChI is InChI=1S/C9H18N2/c1-11-4-2-8(3-5-11)9-6-10-7-9/h8-10H,2-7H2,1H3. The van der Waals surface area contributed by atoms with Crippen LogP contribution in [0.1, 0.15) is 12.8 Å². The Labute approximate surface area is 69.0 Å². The molecule has 11 heavy (non-hydrogen) atoms. The predicted molar refractivity (Wildman–Crippen MR) is 46.6 cm³/mol. The highest BCUT2D eigenvalue weighted by Gasteiger charge is 2.28. The Morgan fingerprint density at radius 2 is 1.73 bits per heavy atom. The summed E-state index contributed by atoms with van der Waals surface area (Å²) in [6.45, 7) is 5.21. The van der Waals surface area contributed by atoms with E-state index in [0.29, 0.717) is 0 Å². The monoisotopic (exact) mass is 154 g/mol. The van der Waals surface area contributed by atoms with E-state index >= 15 is 0 Å². The van der Waals surface area contributed by atoms with Gasteiger partial charge in [-0.2, -0.15) is 0 Å². The lowest BCUT2D eigenvalue weighted by Gasteiger charge is -2.39. The van der Waals surface area contributed by atoms with Crippen LogP contribution in [0.5, 0.6) is 0 Å². The smallest absolute Gasteiger partial charge is 0.000558 e. The molecule has 0 radical (unpaired) electrons. The maximum atomic E-state index is 3.36. The normalized spacial score (nSPS) is 30.3. The zero-order chi connectivity index (χ0) is 7.68. The SMILES string of the molecule is CN1CCC(C2CNC2)CC1. The second kappa shape index (κ2) is 3.11. The molecule has 2 heterocycles. The van der Waals surface area contributed by atoms with E-state index in [4.69, 9.17) is 0 Å². The molecule has 2 rings (SSSR count). The highest BCUT2D eigenvalue weighted by Crippen LogP contribution is 2.26. The first-order valence-corrected chi connectivity index (χ1v) is 4.75. The third kappa shape index (κ3) is 1.57. The molecule has 0 spiro atoms. The fourth-order valence-corrected chi connectivity index (χ4v) is 2.14. The lowest BCUT2D eigenvalue weighted by molar-refractivity contribution is 0.137. The third-order valence-electron chi connectivity index (χ3n) is 3.24. The summed E-state index contributed by atoms with van der Waals surface area (Å²) in [6, 6.07) is 0. The molecule has 0 unspecified atom stereocenters. The lowest BCUT2D eigenvalue weighted by Crippen LogP contribution is -2.48. The highest BCUT2D eigenvalue weighted by atomic mass is 15.1. The van der Waals surface area contributed by atoms with Gasteiger partial charge in [0.1, 0.15) is 0 Å². The summed E-state index contributed by atoms with van der Waals surface area (Å²) in [4.78, 5) is 2.45. The average Bonchev–Trinajstić information content (AvgIpc) is 1.90. The van der Waals surface area contributed by atoms with Crippen LogP contribution in [0.15, 0.2) is 0 Å². The molecule has 64 valence electrons. The van der Waals surface area contributed by atoms with Crippen LogP contribution in [-0.2, 0) is 0 Å². The minimum atomic E-state index is 1.02. The number of rotatable bonds is 1. The van der Waals surface area contributed by atoms with Crippen molar-refractivity contribution >= 4 is 0 Å². The van der Waals surface area contributed by atoms with E-state index in [1.54, 1.807) is 0 Å². The van der Waals surface area contributed by atoms with Crippen LogP contribution < -0.4 is 5.32 Å². The van der Waals surface area contributed by atoms with Gasteiger partial charge in [0.2, 0.25) is 0 Å². The van der Waals surface area contributed by atoms with Crippen LogP contribution in [0.2, 0.25) is 0 Å². The third-order valence-corrected chi connectivity index (χ3v) is 3.24. The number of nitrogens with zero attached hydrogens (tertiary/aromatic N) is 1. The van der Waals surface area contributed by atoms with Crippen LogP contribution in [0.4, 0.5) is 0 Å². The van der Waals surface area contributed by atoms with Crippen LogP contribution in [0, 0.1) is 11.8 Å². The van der Waals surface area contributed by atoms with Gasteiger partial charge in [0.05, 0.1) is 0 Å². The van der Waals surface area contributed by atoms with Gasteiger partial charge in [-0.15, -0.1) is 0 Å². The second-order valence-corrected chi connectivity index (χ2v) is 4.06. The summed E-state index contributed by atoms with van der Waals surface area (Å²) in [5.74, 6) is 2.05. The number of nitrogens with one attached hydrogen (secondary N) is 1. The van der Waals surface area contributed by atoms with Crippen molar-refractivity contribution in [2.75, 3.05) is 33.2 Å². The molecule has 2 aliphatic heterocycles. The Hall–Kier alpha value is -0.0800. The Kier molecular flexibility index (Phi) is 2.14. The Morgan fingerprint density at radius 1 is 1.09 bits per heavy atom. The summed E-state index contributed by atoms with van der Waals surface area (Å²) < 4.78 is 0. The number of likely N-dealkylation sites (tertiary alicyclic amines) is 1. The van der Waals surface area contributed by atoms with Gasteiger partial charge in [0, 0.05) is 0 Å². The fraction of sp³-hybridized carbons (Fsp3) is 1.00. The van der Waals surface area contributed by atoms with Crippen LogP contribution in [0.3, 0.4) is 0 Å². The molecule has 0 aromatic carbocycles. The van der Waals surface area contributed by atoms with Gasteiger partial charge >= 0.3 is 0 Å². The molecule has 2 nitrogen and oxygen atoms in total. The van der Waals surface area contributed by atoms with E-state index in [-0.39, 0.29) is 0 Å². The molecule has 0 saturated carbocycles. The van der Waals surface area contributed by atoms with Crippen molar-refractivity contribution in [2.45, 2.75) is 12.8 Å². The number of piperidine rings is 1. The molecular formula is C9H18N2. The summed E-state index contributed by atoms with van der Waals surface area (Å²) in [7, 11) is 2.23. The highest BCUT2D eigenvalue weighted by molar-refractivity contribution is 4.84. The minimum absolute atomic E-state index is 1.02. The van der Waals surface area contributed by atoms with Gasteiger partial charge in [-0.05, 0) is 57.9 Å². The van der Waals surface area contributed by atoms with Crippen molar-refractivity contribution in [3.05, 3.63) is 0 Å². The molecule has 2 aliphatic rings. The van der Waals surface area contributed by atoms with Crippen molar-refractivity contribution in [3.8, 4) is 0 Å². The first-order chi connectivity index (χ1) is 5.36. The Morgan fingerprint density at radius 3 is 2.18 bits per heavy atom. The number of hydrogen-bond donors (Lipinski definition) is 1. The quantitative estimate of drug-likeness (QED) is 0.593. The lowest BCUT2D eigenvalue weighted by atomic mass is 9.81. The first-order valence-electron chi connectivity index (χ1n) is 4.75. The molecule has 0 aromatic heterocycles. The molecule has 2 heteroatoms. The topological polar surface area (TPSA) is 15.3 Å². The van der Waals surface area contributed by atoms with Gasteiger partial charge in [-0.3, -0.25) is 0 Å². The summed E-state index contributed by atoms with van der Waals surface area (Å²) in [5, 5.41) is 3.36. The molecule has 0 amide bonds. The Bertz CT molecular complexity index is 124. The number of hydrogen-bond acceptors (Lipinski definition) is 2. The van der Waals surface area contributed by atoms with E-state index in [0.717, 1.165) is 11.8 Å². The summed E-state index contributed by atoms with van der Waals surface area (Å²) in [5.41, 5.74) is 0. The minimum Gasteiger partial charge on any atom is -0.316 e. The van der Waals surface area contributed by atoms with Crippen LogP contribution in [0.25, 0.3) is 0 Å². The molecule has 0 aromatic rings. The van der Waals surface area contributed by atoms with Gasteiger partial charge in [0.15, 0.2) is 0 Å². The second-order valence-electron chi connectivity index (χ2n) is 4.06.